The number of hydrogen-bond donors (Lipinski definition) is 1. The first kappa shape index (κ1) is 21.9. The molecule has 2 fully saturated rings. The van der Waals surface area contributed by atoms with Gasteiger partial charge in [0.05, 0.1) is 11.7 Å². The van der Waals surface area contributed by atoms with Crippen LogP contribution in [0.3, 0.4) is 0 Å². The summed E-state index contributed by atoms with van der Waals surface area (Å²) in [7, 11) is 0. The molecule has 0 aromatic heterocycles. The highest BCUT2D eigenvalue weighted by molar-refractivity contribution is 6.34. The van der Waals surface area contributed by atoms with E-state index in [1.807, 2.05) is 0 Å². The Bertz CT molecular complexity index is 1020. The predicted molar refractivity (Wildman–Crippen MR) is 112 cm³/mol. The topological polar surface area (TPSA) is 76.1 Å². The molecule has 2 aromatic carbocycles. The Balaban J connectivity index is 1.60. The van der Waals surface area contributed by atoms with E-state index in [0.717, 1.165) is 23.3 Å². The Morgan fingerprint density at radius 3 is 2.48 bits per heavy atom. The maximum absolute atomic E-state index is 15.0. The molecular formula is C22H20Cl2FNO5. The first-order chi connectivity index (χ1) is 14.7. The van der Waals surface area contributed by atoms with E-state index in [1.165, 1.54) is 12.1 Å². The molecule has 164 valence electrons. The fraction of sp³-hybridized carbons (Fsp3) is 0.364. The van der Waals surface area contributed by atoms with Gasteiger partial charge in [-0.05, 0) is 67.1 Å². The number of carboxylic acid groups (broad SMARTS) is 1. The van der Waals surface area contributed by atoms with E-state index < -0.39 is 29.8 Å². The van der Waals surface area contributed by atoms with Crippen LogP contribution >= 0.6 is 23.2 Å². The Labute approximate surface area is 188 Å². The monoisotopic (exact) mass is 467 g/mol. The van der Waals surface area contributed by atoms with Crippen molar-refractivity contribution in [2.45, 2.75) is 44.4 Å². The molecular weight excluding hydrogens is 448 g/mol. The van der Waals surface area contributed by atoms with Crippen molar-refractivity contribution >= 4 is 35.1 Å². The van der Waals surface area contributed by atoms with Crippen molar-refractivity contribution in [1.82, 2.24) is 4.90 Å². The van der Waals surface area contributed by atoms with Crippen molar-refractivity contribution in [3.8, 4) is 5.75 Å². The summed E-state index contributed by atoms with van der Waals surface area (Å²) >= 11 is 12.0. The van der Waals surface area contributed by atoms with Crippen LogP contribution in [-0.4, -0.2) is 40.8 Å². The second-order valence-electron chi connectivity index (χ2n) is 7.76. The summed E-state index contributed by atoms with van der Waals surface area (Å²) in [6, 6.07) is 6.44. The molecule has 4 rings (SSSR count). The van der Waals surface area contributed by atoms with E-state index in [1.54, 1.807) is 25.1 Å². The quantitative estimate of drug-likeness (QED) is 0.656. The number of ether oxygens (including phenoxy) is 2. The maximum atomic E-state index is 15.0. The number of hydrogen-bond acceptors (Lipinski definition) is 4. The largest absolute Gasteiger partial charge is 0.489 e. The van der Waals surface area contributed by atoms with Gasteiger partial charge in [-0.2, -0.15) is 0 Å². The number of rotatable bonds is 6. The molecule has 1 N–H and O–H groups in total. The molecule has 31 heavy (non-hydrogen) atoms. The molecule has 1 amide bonds. The minimum absolute atomic E-state index is 0.0789. The molecule has 1 heterocycles. The molecule has 2 atom stereocenters. The summed E-state index contributed by atoms with van der Waals surface area (Å²) in [5.74, 6) is -1.97. The van der Waals surface area contributed by atoms with E-state index in [-0.39, 0.29) is 24.8 Å². The van der Waals surface area contributed by atoms with Crippen LogP contribution in [0.2, 0.25) is 10.0 Å². The van der Waals surface area contributed by atoms with Crippen LogP contribution in [0.25, 0.3) is 0 Å². The molecule has 0 radical (unpaired) electrons. The zero-order valence-electron chi connectivity index (χ0n) is 16.6. The molecule has 6 nitrogen and oxygen atoms in total. The number of carbonyl (C=O) groups is 2. The van der Waals surface area contributed by atoms with Gasteiger partial charge in [-0.15, -0.1) is 0 Å². The lowest BCUT2D eigenvalue weighted by Crippen LogP contribution is -2.44. The minimum atomic E-state index is -1.19. The van der Waals surface area contributed by atoms with Crippen LogP contribution in [0, 0.1) is 5.82 Å². The highest BCUT2D eigenvalue weighted by Crippen LogP contribution is 2.43. The third-order valence-electron chi connectivity index (χ3n) is 5.48. The summed E-state index contributed by atoms with van der Waals surface area (Å²) in [4.78, 5) is 25.6. The third kappa shape index (κ3) is 4.63. The van der Waals surface area contributed by atoms with Crippen LogP contribution < -0.4 is 4.74 Å². The van der Waals surface area contributed by atoms with Crippen molar-refractivity contribution in [1.29, 1.82) is 0 Å². The molecule has 1 aliphatic carbocycles. The first-order valence-corrected chi connectivity index (χ1v) is 10.6. The number of carboxylic acids is 1. The van der Waals surface area contributed by atoms with Gasteiger partial charge in [-0.3, -0.25) is 9.69 Å². The van der Waals surface area contributed by atoms with Crippen LogP contribution in [0.4, 0.5) is 4.39 Å². The average molecular weight is 468 g/mol. The van der Waals surface area contributed by atoms with Gasteiger partial charge in [-0.25, -0.2) is 9.18 Å². The number of halogens is 3. The average Bonchev–Trinajstić information content (AvgIpc) is 3.46. The fourth-order valence-corrected chi connectivity index (χ4v) is 4.27. The van der Waals surface area contributed by atoms with Gasteiger partial charge in [-0.1, -0.05) is 23.2 Å². The van der Waals surface area contributed by atoms with E-state index in [2.05, 4.69) is 0 Å². The van der Waals surface area contributed by atoms with E-state index in [9.17, 15) is 19.1 Å². The lowest BCUT2D eigenvalue weighted by atomic mass is 9.98. The van der Waals surface area contributed by atoms with Crippen molar-refractivity contribution in [2.75, 3.05) is 6.73 Å². The summed E-state index contributed by atoms with van der Waals surface area (Å²) in [5.41, 5.74) is 1.27. The van der Waals surface area contributed by atoms with E-state index in [4.69, 9.17) is 32.7 Å². The van der Waals surface area contributed by atoms with Gasteiger partial charge in [0.2, 0.25) is 0 Å². The maximum Gasteiger partial charge on any atom is 0.329 e. The SMILES string of the molecule is C[C@H]1OCN(C(=O)c2cc(C3CC3)c(COc3cc(Cl)cc(Cl)c3)cc2F)[C@@H]1C(=O)O. The van der Waals surface area contributed by atoms with Gasteiger partial charge in [0.25, 0.3) is 5.91 Å². The summed E-state index contributed by atoms with van der Waals surface area (Å²) in [6.07, 6.45) is 1.18. The molecule has 0 spiro atoms. The number of carbonyl (C=O) groups excluding carboxylic acids is 1. The molecule has 1 saturated carbocycles. The van der Waals surface area contributed by atoms with Gasteiger partial charge < -0.3 is 14.6 Å². The molecule has 9 heteroatoms. The highest BCUT2D eigenvalue weighted by Gasteiger charge is 2.42. The van der Waals surface area contributed by atoms with Crippen LogP contribution in [0.1, 0.15) is 47.2 Å². The Kier molecular flexibility index (Phi) is 6.10. The van der Waals surface area contributed by atoms with Crippen LogP contribution in [-0.2, 0) is 16.1 Å². The van der Waals surface area contributed by atoms with Crippen LogP contribution in [0.15, 0.2) is 30.3 Å². The first-order valence-electron chi connectivity index (χ1n) is 9.81. The Morgan fingerprint density at radius 2 is 1.87 bits per heavy atom. The molecule has 0 unspecified atom stereocenters. The third-order valence-corrected chi connectivity index (χ3v) is 5.91. The second kappa shape index (κ2) is 8.65. The zero-order valence-corrected chi connectivity index (χ0v) is 18.1. The summed E-state index contributed by atoms with van der Waals surface area (Å²) in [6.45, 7) is 1.45. The number of aliphatic carboxylic acids is 1. The second-order valence-corrected chi connectivity index (χ2v) is 8.63. The summed E-state index contributed by atoms with van der Waals surface area (Å²) in [5, 5.41) is 10.3. The smallest absolute Gasteiger partial charge is 0.329 e. The molecule has 2 aromatic rings. The highest BCUT2D eigenvalue weighted by atomic mass is 35.5. The Hall–Kier alpha value is -2.35. The normalized spacial score (nSPS) is 20.7. The summed E-state index contributed by atoms with van der Waals surface area (Å²) < 4.78 is 26.0. The molecule has 0 bridgehead atoms. The van der Waals surface area contributed by atoms with Crippen molar-refractivity contribution in [3.05, 3.63) is 62.9 Å². The van der Waals surface area contributed by atoms with Gasteiger partial charge in [0.15, 0.2) is 6.04 Å². The fourth-order valence-electron chi connectivity index (χ4n) is 3.76. The van der Waals surface area contributed by atoms with Gasteiger partial charge >= 0.3 is 5.97 Å². The standard InChI is InChI=1S/C22H20Cl2FNO5/c1-11-20(22(28)29)26(10-31-11)21(27)18-8-17(12-2-3-12)13(4-19(18)25)9-30-16-6-14(23)5-15(24)7-16/h4-8,11-12,20H,2-3,9-10H2,1H3,(H,28,29)/t11-,20+/m1/s1. The predicted octanol–water partition coefficient (Wildman–Crippen LogP) is 4.86. The van der Waals surface area contributed by atoms with E-state index >= 15 is 0 Å². The minimum Gasteiger partial charge on any atom is -0.489 e. The number of benzene rings is 2. The lowest BCUT2D eigenvalue weighted by molar-refractivity contribution is -0.142. The van der Waals surface area contributed by atoms with Crippen LogP contribution in [0.5, 0.6) is 5.75 Å². The van der Waals surface area contributed by atoms with Gasteiger partial charge in [0, 0.05) is 10.0 Å². The number of nitrogens with zero attached hydrogens (tertiary/aromatic N) is 1. The lowest BCUT2D eigenvalue weighted by Gasteiger charge is -2.22. The Morgan fingerprint density at radius 1 is 1.19 bits per heavy atom. The van der Waals surface area contributed by atoms with Crippen molar-refractivity contribution in [2.24, 2.45) is 0 Å². The zero-order chi connectivity index (χ0) is 22.3. The van der Waals surface area contributed by atoms with Gasteiger partial charge in [0.1, 0.15) is 24.9 Å². The van der Waals surface area contributed by atoms with Crippen molar-refractivity contribution < 1.29 is 28.6 Å². The molecule has 2 aliphatic rings. The van der Waals surface area contributed by atoms with E-state index in [0.29, 0.717) is 21.4 Å². The molecule has 1 saturated heterocycles. The number of amides is 1. The molecule has 1 aliphatic heterocycles. The van der Waals surface area contributed by atoms with Crippen molar-refractivity contribution in [3.63, 3.8) is 0 Å².